The van der Waals surface area contributed by atoms with Crippen LogP contribution in [0.25, 0.3) is 0 Å². The molecule has 0 aliphatic carbocycles. The van der Waals surface area contributed by atoms with Gasteiger partial charge < -0.3 is 9.84 Å². The highest BCUT2D eigenvalue weighted by Crippen LogP contribution is 2.57. The first-order chi connectivity index (χ1) is 10.4. The third-order valence-electron chi connectivity index (χ3n) is 4.89. The van der Waals surface area contributed by atoms with E-state index in [0.717, 1.165) is 3.57 Å². The van der Waals surface area contributed by atoms with Crippen LogP contribution in [0.4, 0.5) is 5.69 Å². The largest absolute Gasteiger partial charge is 0.393 e. The highest BCUT2D eigenvalue weighted by molar-refractivity contribution is 14.1. The third kappa shape index (κ3) is 1.60. The maximum absolute atomic E-state index is 12.9. The Balaban J connectivity index is 1.80. The Morgan fingerprint density at radius 2 is 1.82 bits per heavy atom. The number of imide groups is 1. The molecule has 0 spiro atoms. The molecule has 2 bridgehead atoms. The SMILES string of the molecule is C[C@@]12C=C[C@@](CO)(O1)[C@@H]1C(=O)N(c3ccc(I)cc3)C(=O)[C@H]12. The van der Waals surface area contributed by atoms with Crippen LogP contribution >= 0.6 is 22.6 Å². The van der Waals surface area contributed by atoms with Crippen molar-refractivity contribution in [2.24, 2.45) is 11.8 Å². The van der Waals surface area contributed by atoms with E-state index in [1.807, 2.05) is 12.1 Å². The van der Waals surface area contributed by atoms with E-state index in [1.54, 1.807) is 31.2 Å². The van der Waals surface area contributed by atoms with Gasteiger partial charge in [-0.1, -0.05) is 12.2 Å². The molecule has 1 aromatic rings. The van der Waals surface area contributed by atoms with Crippen molar-refractivity contribution in [2.75, 3.05) is 11.5 Å². The van der Waals surface area contributed by atoms with Gasteiger partial charge in [-0.3, -0.25) is 9.59 Å². The normalized spacial score (nSPS) is 39.0. The standard InChI is InChI=1S/C16H14INO4/c1-15-6-7-16(8-19,22-15)12-11(15)13(20)18(14(12)21)10-4-2-9(17)3-5-10/h2-7,11-12,19H,8H2,1H3/t11-,12-,15-,16-/m0/s1. The molecule has 0 aromatic heterocycles. The van der Waals surface area contributed by atoms with Crippen LogP contribution in [0.5, 0.6) is 0 Å². The maximum Gasteiger partial charge on any atom is 0.241 e. The van der Waals surface area contributed by atoms with Gasteiger partial charge in [0.1, 0.15) is 5.60 Å². The zero-order chi connectivity index (χ0) is 15.7. The van der Waals surface area contributed by atoms with E-state index in [0.29, 0.717) is 5.69 Å². The quantitative estimate of drug-likeness (QED) is 0.455. The minimum atomic E-state index is -1.07. The number of anilines is 1. The fraction of sp³-hybridized carbons (Fsp3) is 0.375. The number of rotatable bonds is 2. The van der Waals surface area contributed by atoms with Crippen LogP contribution in [0.3, 0.4) is 0 Å². The number of halogens is 1. The van der Waals surface area contributed by atoms with Crippen LogP contribution in [-0.2, 0) is 14.3 Å². The molecule has 2 fully saturated rings. The molecule has 2 saturated heterocycles. The number of hydrogen-bond donors (Lipinski definition) is 1. The molecule has 3 aliphatic heterocycles. The van der Waals surface area contributed by atoms with Gasteiger partial charge in [0.15, 0.2) is 0 Å². The van der Waals surface area contributed by atoms with Crippen LogP contribution in [0, 0.1) is 15.4 Å². The summed E-state index contributed by atoms with van der Waals surface area (Å²) < 4.78 is 6.91. The van der Waals surface area contributed by atoms with E-state index >= 15 is 0 Å². The molecule has 0 unspecified atom stereocenters. The summed E-state index contributed by atoms with van der Waals surface area (Å²) >= 11 is 2.17. The molecule has 3 aliphatic rings. The van der Waals surface area contributed by atoms with Crippen molar-refractivity contribution in [3.05, 3.63) is 40.0 Å². The fourth-order valence-electron chi connectivity index (χ4n) is 3.89. The molecule has 1 aromatic carbocycles. The molecule has 22 heavy (non-hydrogen) atoms. The number of nitrogens with zero attached hydrogens (tertiary/aromatic N) is 1. The summed E-state index contributed by atoms with van der Waals surface area (Å²) in [6.07, 6.45) is 3.53. The van der Waals surface area contributed by atoms with Gasteiger partial charge in [0.2, 0.25) is 11.8 Å². The Bertz CT molecular complexity index is 715. The average Bonchev–Trinajstić information content (AvgIpc) is 3.07. The van der Waals surface area contributed by atoms with Crippen molar-refractivity contribution >= 4 is 40.1 Å². The first-order valence-corrected chi connectivity index (χ1v) is 8.14. The zero-order valence-corrected chi connectivity index (χ0v) is 14.0. The second kappa shape index (κ2) is 4.39. The lowest BCUT2D eigenvalue weighted by Crippen LogP contribution is -2.43. The molecule has 1 N–H and O–H groups in total. The molecule has 3 heterocycles. The van der Waals surface area contributed by atoms with Gasteiger partial charge in [-0.2, -0.15) is 0 Å². The number of aliphatic hydroxyl groups is 1. The van der Waals surface area contributed by atoms with E-state index in [1.165, 1.54) is 4.90 Å². The second-order valence-corrected chi connectivity index (χ2v) is 7.42. The van der Waals surface area contributed by atoms with Gasteiger partial charge in [0, 0.05) is 3.57 Å². The number of amides is 2. The van der Waals surface area contributed by atoms with Crippen molar-refractivity contribution in [1.29, 1.82) is 0 Å². The topological polar surface area (TPSA) is 66.8 Å². The lowest BCUT2D eigenvalue weighted by molar-refractivity contribution is -0.131. The van der Waals surface area contributed by atoms with Crippen molar-refractivity contribution in [1.82, 2.24) is 0 Å². The van der Waals surface area contributed by atoms with Crippen molar-refractivity contribution < 1.29 is 19.4 Å². The summed E-state index contributed by atoms with van der Waals surface area (Å²) in [7, 11) is 0. The lowest BCUT2D eigenvalue weighted by atomic mass is 9.73. The Morgan fingerprint density at radius 1 is 1.18 bits per heavy atom. The van der Waals surface area contributed by atoms with E-state index in [2.05, 4.69) is 22.6 Å². The van der Waals surface area contributed by atoms with E-state index in [-0.39, 0.29) is 18.4 Å². The van der Waals surface area contributed by atoms with Crippen molar-refractivity contribution in [3.8, 4) is 0 Å². The maximum atomic E-state index is 12.9. The summed E-state index contributed by atoms with van der Waals surface area (Å²) in [6, 6.07) is 7.25. The predicted molar refractivity (Wildman–Crippen MR) is 87.1 cm³/mol. The Labute approximate surface area is 141 Å². The molecular weight excluding hydrogens is 397 g/mol. The molecule has 5 nitrogen and oxygen atoms in total. The van der Waals surface area contributed by atoms with Gasteiger partial charge in [-0.15, -0.1) is 0 Å². The summed E-state index contributed by atoms with van der Waals surface area (Å²) in [5, 5.41) is 9.74. The smallest absolute Gasteiger partial charge is 0.241 e. The Hall–Kier alpha value is -1.25. The van der Waals surface area contributed by atoms with Gasteiger partial charge >= 0.3 is 0 Å². The van der Waals surface area contributed by atoms with Crippen LogP contribution in [-0.4, -0.2) is 34.7 Å². The Kier molecular flexibility index (Phi) is 2.87. The third-order valence-corrected chi connectivity index (χ3v) is 5.61. The van der Waals surface area contributed by atoms with E-state index < -0.39 is 23.0 Å². The van der Waals surface area contributed by atoms with Crippen LogP contribution in [0.2, 0.25) is 0 Å². The van der Waals surface area contributed by atoms with Gasteiger partial charge in [0.05, 0.1) is 29.7 Å². The number of ether oxygens (including phenoxy) is 1. The fourth-order valence-corrected chi connectivity index (χ4v) is 4.25. The average molecular weight is 411 g/mol. The second-order valence-electron chi connectivity index (χ2n) is 6.18. The monoisotopic (exact) mass is 411 g/mol. The summed E-state index contributed by atoms with van der Waals surface area (Å²) in [5.41, 5.74) is -1.32. The summed E-state index contributed by atoms with van der Waals surface area (Å²) in [4.78, 5) is 26.9. The highest BCUT2D eigenvalue weighted by Gasteiger charge is 2.72. The molecule has 2 amide bonds. The Morgan fingerprint density at radius 3 is 2.45 bits per heavy atom. The number of aliphatic hydroxyl groups excluding tert-OH is 1. The molecule has 6 heteroatoms. The first-order valence-electron chi connectivity index (χ1n) is 7.07. The van der Waals surface area contributed by atoms with Gasteiger partial charge in [-0.05, 0) is 53.8 Å². The molecule has 0 radical (unpaired) electrons. The van der Waals surface area contributed by atoms with Gasteiger partial charge in [0.25, 0.3) is 0 Å². The van der Waals surface area contributed by atoms with Crippen molar-refractivity contribution in [3.63, 3.8) is 0 Å². The number of carbonyl (C=O) groups excluding carboxylic acids is 2. The highest BCUT2D eigenvalue weighted by atomic mass is 127. The predicted octanol–water partition coefficient (Wildman–Crippen LogP) is 1.49. The zero-order valence-electron chi connectivity index (χ0n) is 11.8. The molecule has 114 valence electrons. The van der Waals surface area contributed by atoms with Gasteiger partial charge in [-0.25, -0.2) is 4.90 Å². The number of fused-ring (bicyclic) bond motifs is 5. The summed E-state index contributed by atoms with van der Waals surface area (Å²) in [5.74, 6) is -1.77. The molecule has 4 rings (SSSR count). The number of hydrogen-bond acceptors (Lipinski definition) is 4. The minimum Gasteiger partial charge on any atom is -0.393 e. The minimum absolute atomic E-state index is 0.251. The van der Waals surface area contributed by atoms with Crippen LogP contribution < -0.4 is 4.90 Å². The molecule has 0 saturated carbocycles. The van der Waals surface area contributed by atoms with Crippen molar-refractivity contribution in [2.45, 2.75) is 18.1 Å². The van der Waals surface area contributed by atoms with E-state index in [4.69, 9.17) is 4.74 Å². The number of carbonyl (C=O) groups is 2. The lowest BCUT2D eigenvalue weighted by Gasteiger charge is -2.26. The first kappa shape index (κ1) is 14.3. The molecule has 4 atom stereocenters. The van der Waals surface area contributed by atoms with Crippen LogP contribution in [0.1, 0.15) is 6.92 Å². The molecular formula is C16H14INO4. The number of benzene rings is 1. The van der Waals surface area contributed by atoms with Crippen LogP contribution in [0.15, 0.2) is 36.4 Å². The summed E-state index contributed by atoms with van der Waals surface area (Å²) in [6.45, 7) is 1.49. The van der Waals surface area contributed by atoms with E-state index in [9.17, 15) is 14.7 Å².